The van der Waals surface area contributed by atoms with E-state index in [1.165, 1.54) is 5.56 Å². The maximum absolute atomic E-state index is 5.52. The summed E-state index contributed by atoms with van der Waals surface area (Å²) >= 11 is 0. The van der Waals surface area contributed by atoms with Gasteiger partial charge in [-0.1, -0.05) is 30.3 Å². The van der Waals surface area contributed by atoms with E-state index in [0.29, 0.717) is 6.04 Å². The van der Waals surface area contributed by atoms with Crippen LogP contribution in [0, 0.1) is 6.92 Å². The van der Waals surface area contributed by atoms with Crippen molar-refractivity contribution in [2.75, 3.05) is 0 Å². The molecule has 2 rings (SSSR count). The lowest BCUT2D eigenvalue weighted by Crippen LogP contribution is -2.30. The van der Waals surface area contributed by atoms with Crippen molar-refractivity contribution >= 4 is 0 Å². The minimum atomic E-state index is 0.136. The summed E-state index contributed by atoms with van der Waals surface area (Å²) in [6.45, 7) is 6.17. The molecule has 1 N–H and O–H groups in total. The Balaban J connectivity index is 1.89. The van der Waals surface area contributed by atoms with Crippen molar-refractivity contribution < 1.29 is 4.42 Å². The summed E-state index contributed by atoms with van der Waals surface area (Å²) < 4.78 is 5.52. The molecule has 2 unspecified atom stereocenters. The number of benzene rings is 1. The van der Waals surface area contributed by atoms with Crippen LogP contribution in [0.15, 0.2) is 40.9 Å². The van der Waals surface area contributed by atoms with Gasteiger partial charge in [0, 0.05) is 6.04 Å². The van der Waals surface area contributed by atoms with Gasteiger partial charge in [-0.3, -0.25) is 0 Å². The van der Waals surface area contributed by atoms with E-state index in [-0.39, 0.29) is 6.04 Å². The molecule has 1 heterocycles. The van der Waals surface area contributed by atoms with E-state index in [4.69, 9.17) is 4.42 Å². The Labute approximate surface area is 108 Å². The Morgan fingerprint density at radius 3 is 2.56 bits per heavy atom. The Kier molecular flexibility index (Phi) is 4.15. The quantitative estimate of drug-likeness (QED) is 0.877. The lowest BCUT2D eigenvalue weighted by molar-refractivity contribution is 0.376. The van der Waals surface area contributed by atoms with Crippen LogP contribution in [-0.4, -0.2) is 11.0 Å². The number of nitrogens with zero attached hydrogens (tertiary/aromatic N) is 1. The molecule has 1 aromatic heterocycles. The van der Waals surface area contributed by atoms with Gasteiger partial charge in [0.25, 0.3) is 0 Å². The van der Waals surface area contributed by atoms with Crippen molar-refractivity contribution in [3.8, 4) is 0 Å². The van der Waals surface area contributed by atoms with Gasteiger partial charge >= 0.3 is 0 Å². The molecule has 0 radical (unpaired) electrons. The third-order valence-corrected chi connectivity index (χ3v) is 2.93. The normalized spacial score (nSPS) is 14.4. The highest BCUT2D eigenvalue weighted by molar-refractivity contribution is 5.15. The Morgan fingerprint density at radius 2 is 1.94 bits per heavy atom. The van der Waals surface area contributed by atoms with Crippen LogP contribution in [0.3, 0.4) is 0 Å². The fraction of sp³-hybridized carbons (Fsp3) is 0.400. The molecule has 0 saturated carbocycles. The molecule has 0 amide bonds. The lowest BCUT2D eigenvalue weighted by Gasteiger charge is -2.17. The summed E-state index contributed by atoms with van der Waals surface area (Å²) in [6.07, 6.45) is 2.76. The van der Waals surface area contributed by atoms with Gasteiger partial charge in [-0.25, -0.2) is 4.98 Å². The average Bonchev–Trinajstić information content (AvgIpc) is 2.77. The Morgan fingerprint density at radius 1 is 1.22 bits per heavy atom. The van der Waals surface area contributed by atoms with Gasteiger partial charge in [-0.2, -0.15) is 0 Å². The molecule has 18 heavy (non-hydrogen) atoms. The van der Waals surface area contributed by atoms with Crippen LogP contribution in [0.5, 0.6) is 0 Å². The van der Waals surface area contributed by atoms with Gasteiger partial charge in [-0.15, -0.1) is 0 Å². The Hall–Kier alpha value is -1.61. The minimum absolute atomic E-state index is 0.136. The molecule has 0 fully saturated rings. The molecule has 1 aromatic carbocycles. The second-order valence-electron chi connectivity index (χ2n) is 4.79. The predicted molar refractivity (Wildman–Crippen MR) is 72.4 cm³/mol. The Bertz CT molecular complexity index is 478. The van der Waals surface area contributed by atoms with Crippen LogP contribution < -0.4 is 5.32 Å². The van der Waals surface area contributed by atoms with Crippen molar-refractivity contribution in [1.29, 1.82) is 0 Å². The molecular weight excluding hydrogens is 224 g/mol. The van der Waals surface area contributed by atoms with E-state index in [1.54, 1.807) is 6.20 Å². The SMILES string of the molecule is Cc1cnc(C(C)NC(C)Cc2ccccc2)o1. The summed E-state index contributed by atoms with van der Waals surface area (Å²) in [5.74, 6) is 1.61. The number of hydrogen-bond acceptors (Lipinski definition) is 3. The fourth-order valence-corrected chi connectivity index (χ4v) is 2.10. The van der Waals surface area contributed by atoms with Gasteiger partial charge in [0.15, 0.2) is 0 Å². The molecule has 3 heteroatoms. The van der Waals surface area contributed by atoms with Crippen molar-refractivity contribution in [1.82, 2.24) is 10.3 Å². The molecule has 0 saturated heterocycles. The van der Waals surface area contributed by atoms with Crippen molar-refractivity contribution in [3.05, 3.63) is 53.7 Å². The van der Waals surface area contributed by atoms with E-state index in [9.17, 15) is 0 Å². The summed E-state index contributed by atoms with van der Waals surface area (Å²) in [6, 6.07) is 11.0. The maximum Gasteiger partial charge on any atom is 0.211 e. The minimum Gasteiger partial charge on any atom is -0.444 e. The number of aryl methyl sites for hydroxylation is 1. The van der Waals surface area contributed by atoms with Gasteiger partial charge in [0.1, 0.15) is 5.76 Å². The standard InChI is InChI=1S/C15H20N2O/c1-11(9-14-7-5-4-6-8-14)17-13(3)15-16-10-12(2)18-15/h4-8,10-11,13,17H,9H2,1-3H3. The van der Waals surface area contributed by atoms with E-state index in [2.05, 4.69) is 48.4 Å². The number of aromatic nitrogens is 1. The average molecular weight is 244 g/mol. The molecule has 2 aromatic rings. The van der Waals surface area contributed by atoms with E-state index < -0.39 is 0 Å². The molecule has 0 spiro atoms. The van der Waals surface area contributed by atoms with Crippen LogP contribution >= 0.6 is 0 Å². The second-order valence-corrected chi connectivity index (χ2v) is 4.79. The fourth-order valence-electron chi connectivity index (χ4n) is 2.10. The van der Waals surface area contributed by atoms with Crippen LogP contribution in [0.25, 0.3) is 0 Å². The highest BCUT2D eigenvalue weighted by Gasteiger charge is 2.14. The zero-order chi connectivity index (χ0) is 13.0. The third kappa shape index (κ3) is 3.44. The van der Waals surface area contributed by atoms with E-state index in [1.807, 2.05) is 13.0 Å². The second kappa shape index (κ2) is 5.83. The third-order valence-electron chi connectivity index (χ3n) is 2.93. The molecule has 0 aliphatic heterocycles. The number of oxazole rings is 1. The molecule has 96 valence electrons. The van der Waals surface area contributed by atoms with Gasteiger partial charge in [0.2, 0.25) is 5.89 Å². The predicted octanol–water partition coefficient (Wildman–Crippen LogP) is 3.26. The summed E-state index contributed by atoms with van der Waals surface area (Å²) in [5.41, 5.74) is 1.34. The summed E-state index contributed by atoms with van der Waals surface area (Å²) in [4.78, 5) is 4.25. The van der Waals surface area contributed by atoms with Crippen LogP contribution in [-0.2, 0) is 6.42 Å². The first kappa shape index (κ1) is 12.8. The largest absolute Gasteiger partial charge is 0.444 e. The first-order chi connectivity index (χ1) is 8.65. The van der Waals surface area contributed by atoms with Crippen molar-refractivity contribution in [2.45, 2.75) is 39.3 Å². The van der Waals surface area contributed by atoms with E-state index in [0.717, 1.165) is 18.1 Å². The van der Waals surface area contributed by atoms with Crippen LogP contribution in [0.4, 0.5) is 0 Å². The van der Waals surface area contributed by atoms with Gasteiger partial charge < -0.3 is 9.73 Å². The molecule has 0 aliphatic carbocycles. The van der Waals surface area contributed by atoms with Gasteiger partial charge in [0.05, 0.1) is 12.2 Å². The monoisotopic (exact) mass is 244 g/mol. The highest BCUT2D eigenvalue weighted by Crippen LogP contribution is 2.13. The first-order valence-electron chi connectivity index (χ1n) is 6.37. The zero-order valence-electron chi connectivity index (χ0n) is 11.2. The zero-order valence-corrected chi connectivity index (χ0v) is 11.2. The molecule has 0 aliphatic rings. The van der Waals surface area contributed by atoms with E-state index >= 15 is 0 Å². The number of nitrogens with one attached hydrogen (secondary N) is 1. The number of hydrogen-bond donors (Lipinski definition) is 1. The topological polar surface area (TPSA) is 38.1 Å². The number of rotatable bonds is 5. The van der Waals surface area contributed by atoms with Crippen LogP contribution in [0.2, 0.25) is 0 Å². The first-order valence-corrected chi connectivity index (χ1v) is 6.37. The van der Waals surface area contributed by atoms with Gasteiger partial charge in [-0.05, 0) is 32.8 Å². The smallest absolute Gasteiger partial charge is 0.211 e. The maximum atomic E-state index is 5.52. The highest BCUT2D eigenvalue weighted by atomic mass is 16.4. The molecule has 2 atom stereocenters. The van der Waals surface area contributed by atoms with Crippen LogP contribution in [0.1, 0.15) is 37.1 Å². The lowest BCUT2D eigenvalue weighted by atomic mass is 10.1. The van der Waals surface area contributed by atoms with Crippen molar-refractivity contribution in [2.24, 2.45) is 0 Å². The molecule has 3 nitrogen and oxygen atoms in total. The molecular formula is C15H20N2O. The molecule has 0 bridgehead atoms. The summed E-state index contributed by atoms with van der Waals surface area (Å²) in [5, 5.41) is 3.50. The summed E-state index contributed by atoms with van der Waals surface area (Å²) in [7, 11) is 0. The van der Waals surface area contributed by atoms with Crippen molar-refractivity contribution in [3.63, 3.8) is 0 Å².